The number of para-hydroxylation sites is 1. The molecule has 0 spiro atoms. The third kappa shape index (κ3) is 5.35. The number of amides is 1. The zero-order chi connectivity index (χ0) is 23.9. The minimum atomic E-state index is -0.393. The zero-order valence-corrected chi connectivity index (χ0v) is 19.4. The van der Waals surface area contributed by atoms with Gasteiger partial charge in [-0.1, -0.05) is 60.3 Å². The molecule has 4 rings (SSSR count). The van der Waals surface area contributed by atoms with E-state index in [9.17, 15) is 14.4 Å². The fourth-order valence-corrected chi connectivity index (χ4v) is 4.23. The summed E-state index contributed by atoms with van der Waals surface area (Å²) in [5.74, 6) is -0.647. The SMILES string of the molecule is CCOC(=O)CSc1nc2cc(C(=O)NCc3ccccc3)ccc2c(=O)n1-c1ccccc1. The van der Waals surface area contributed by atoms with Crippen molar-refractivity contribution in [2.24, 2.45) is 0 Å². The van der Waals surface area contributed by atoms with E-state index in [1.165, 1.54) is 4.57 Å². The van der Waals surface area contributed by atoms with E-state index in [2.05, 4.69) is 10.3 Å². The molecule has 0 atom stereocenters. The van der Waals surface area contributed by atoms with Gasteiger partial charge >= 0.3 is 5.97 Å². The number of carbonyl (C=O) groups excluding carboxylic acids is 2. The molecule has 0 aliphatic rings. The van der Waals surface area contributed by atoms with E-state index in [1.807, 2.05) is 48.5 Å². The topological polar surface area (TPSA) is 90.3 Å². The van der Waals surface area contributed by atoms with Crippen LogP contribution in [0.1, 0.15) is 22.8 Å². The molecule has 0 fully saturated rings. The van der Waals surface area contributed by atoms with E-state index < -0.39 is 5.97 Å². The molecular weight excluding hydrogens is 450 g/mol. The minimum absolute atomic E-state index is 0.00979. The molecule has 1 heterocycles. The number of nitrogens with zero attached hydrogens (tertiary/aromatic N) is 2. The van der Waals surface area contributed by atoms with Crippen LogP contribution in [0.5, 0.6) is 0 Å². The van der Waals surface area contributed by atoms with E-state index in [0.29, 0.717) is 33.9 Å². The molecule has 7 nitrogen and oxygen atoms in total. The number of ether oxygens (including phenoxy) is 1. The zero-order valence-electron chi connectivity index (χ0n) is 18.6. The molecule has 8 heteroatoms. The first-order valence-electron chi connectivity index (χ1n) is 10.8. The lowest BCUT2D eigenvalue weighted by Crippen LogP contribution is -2.24. The van der Waals surface area contributed by atoms with Gasteiger partial charge in [0.05, 0.1) is 29.0 Å². The second-order valence-electron chi connectivity index (χ2n) is 7.36. The summed E-state index contributed by atoms with van der Waals surface area (Å²) in [7, 11) is 0. The Morgan fingerprint density at radius 2 is 1.71 bits per heavy atom. The molecule has 0 aliphatic heterocycles. The van der Waals surface area contributed by atoms with Crippen molar-refractivity contribution in [3.05, 3.63) is 100 Å². The Bertz CT molecular complexity index is 1370. The van der Waals surface area contributed by atoms with E-state index in [4.69, 9.17) is 4.74 Å². The molecule has 0 unspecified atom stereocenters. The highest BCUT2D eigenvalue weighted by Gasteiger charge is 2.17. The predicted octanol–water partition coefficient (Wildman–Crippen LogP) is 3.97. The molecule has 4 aromatic rings. The summed E-state index contributed by atoms with van der Waals surface area (Å²) in [5, 5.41) is 3.61. The fraction of sp³-hybridized carbons (Fsp3) is 0.154. The number of fused-ring (bicyclic) bond motifs is 1. The first-order chi connectivity index (χ1) is 16.6. The molecule has 1 N–H and O–H groups in total. The summed E-state index contributed by atoms with van der Waals surface area (Å²) in [6, 6.07) is 23.5. The van der Waals surface area contributed by atoms with Crippen LogP contribution in [0.4, 0.5) is 0 Å². The van der Waals surface area contributed by atoms with Gasteiger partial charge in [0.15, 0.2) is 5.16 Å². The Morgan fingerprint density at radius 3 is 2.41 bits per heavy atom. The van der Waals surface area contributed by atoms with Crippen molar-refractivity contribution in [2.75, 3.05) is 12.4 Å². The second-order valence-corrected chi connectivity index (χ2v) is 8.31. The third-order valence-corrected chi connectivity index (χ3v) is 5.95. The largest absolute Gasteiger partial charge is 0.465 e. The Kier molecular flexibility index (Phi) is 7.39. The maximum absolute atomic E-state index is 13.4. The van der Waals surface area contributed by atoms with Crippen molar-refractivity contribution in [1.82, 2.24) is 14.9 Å². The van der Waals surface area contributed by atoms with Crippen molar-refractivity contribution < 1.29 is 14.3 Å². The number of nitrogens with one attached hydrogen (secondary N) is 1. The molecule has 1 amide bonds. The lowest BCUT2D eigenvalue weighted by Gasteiger charge is -2.13. The first kappa shape index (κ1) is 23.3. The van der Waals surface area contributed by atoms with Crippen LogP contribution in [0.15, 0.2) is 88.8 Å². The average molecular weight is 474 g/mol. The number of aromatic nitrogens is 2. The number of carbonyl (C=O) groups is 2. The molecule has 0 aliphatic carbocycles. The number of esters is 1. The van der Waals surface area contributed by atoms with E-state index in [0.717, 1.165) is 17.3 Å². The van der Waals surface area contributed by atoms with Gasteiger partial charge in [-0.05, 0) is 42.8 Å². The van der Waals surface area contributed by atoms with Gasteiger partial charge in [-0.15, -0.1) is 0 Å². The molecule has 3 aromatic carbocycles. The van der Waals surface area contributed by atoms with Crippen molar-refractivity contribution in [1.29, 1.82) is 0 Å². The van der Waals surface area contributed by atoms with Gasteiger partial charge in [0.2, 0.25) is 0 Å². The van der Waals surface area contributed by atoms with Crippen molar-refractivity contribution >= 4 is 34.5 Å². The van der Waals surface area contributed by atoms with E-state index in [-0.39, 0.29) is 23.8 Å². The van der Waals surface area contributed by atoms with E-state index in [1.54, 1.807) is 37.3 Å². The lowest BCUT2D eigenvalue weighted by atomic mass is 10.1. The first-order valence-corrected chi connectivity index (χ1v) is 11.8. The Balaban J connectivity index is 1.69. The minimum Gasteiger partial charge on any atom is -0.465 e. The summed E-state index contributed by atoms with van der Waals surface area (Å²) < 4.78 is 6.49. The van der Waals surface area contributed by atoms with Crippen molar-refractivity contribution in [3.63, 3.8) is 0 Å². The molecule has 0 saturated heterocycles. The highest BCUT2D eigenvalue weighted by molar-refractivity contribution is 7.99. The number of thioether (sulfide) groups is 1. The van der Waals surface area contributed by atoms with Gasteiger partial charge in [-0.25, -0.2) is 4.98 Å². The molecular formula is C26H23N3O4S. The number of benzene rings is 3. The quantitative estimate of drug-likeness (QED) is 0.237. The molecule has 0 radical (unpaired) electrons. The van der Waals surface area contributed by atoms with Gasteiger partial charge < -0.3 is 10.1 Å². The van der Waals surface area contributed by atoms with Gasteiger partial charge in [-0.3, -0.25) is 19.0 Å². The van der Waals surface area contributed by atoms with Gasteiger partial charge in [0, 0.05) is 12.1 Å². The second kappa shape index (κ2) is 10.8. The Labute approximate surface area is 200 Å². The highest BCUT2D eigenvalue weighted by atomic mass is 32.2. The smallest absolute Gasteiger partial charge is 0.316 e. The highest BCUT2D eigenvalue weighted by Crippen LogP contribution is 2.22. The van der Waals surface area contributed by atoms with Crippen LogP contribution >= 0.6 is 11.8 Å². The van der Waals surface area contributed by atoms with Gasteiger partial charge in [0.25, 0.3) is 11.5 Å². The van der Waals surface area contributed by atoms with Crippen LogP contribution in [-0.2, 0) is 16.1 Å². The Hall–Kier alpha value is -3.91. The maximum atomic E-state index is 13.4. The fourth-order valence-electron chi connectivity index (χ4n) is 3.41. The summed E-state index contributed by atoms with van der Waals surface area (Å²) in [4.78, 5) is 42.7. The van der Waals surface area contributed by atoms with Crippen LogP contribution in [-0.4, -0.2) is 33.8 Å². The standard InChI is InChI=1S/C26H23N3O4S/c1-2-33-23(30)17-34-26-28-22-15-19(24(31)27-16-18-9-5-3-6-10-18)13-14-21(22)25(32)29(26)20-11-7-4-8-12-20/h3-15H,2,16-17H2,1H3,(H,27,31). The maximum Gasteiger partial charge on any atom is 0.316 e. The summed E-state index contributed by atoms with van der Waals surface area (Å²) in [6.45, 7) is 2.40. The number of hydrogen-bond acceptors (Lipinski definition) is 6. The normalized spacial score (nSPS) is 10.7. The molecule has 1 aromatic heterocycles. The lowest BCUT2D eigenvalue weighted by molar-refractivity contribution is -0.139. The monoisotopic (exact) mass is 473 g/mol. The molecule has 34 heavy (non-hydrogen) atoms. The van der Waals surface area contributed by atoms with Crippen LogP contribution in [0.25, 0.3) is 16.6 Å². The Morgan fingerprint density at radius 1 is 1.00 bits per heavy atom. The van der Waals surface area contributed by atoms with Gasteiger partial charge in [0.1, 0.15) is 0 Å². The molecule has 0 bridgehead atoms. The molecule has 0 saturated carbocycles. The van der Waals surface area contributed by atoms with Crippen LogP contribution in [0, 0.1) is 0 Å². The van der Waals surface area contributed by atoms with Crippen LogP contribution in [0.2, 0.25) is 0 Å². The van der Waals surface area contributed by atoms with Gasteiger partial charge in [-0.2, -0.15) is 0 Å². The van der Waals surface area contributed by atoms with Crippen molar-refractivity contribution in [2.45, 2.75) is 18.6 Å². The summed E-state index contributed by atoms with van der Waals surface area (Å²) in [6.07, 6.45) is 0. The average Bonchev–Trinajstić information content (AvgIpc) is 2.87. The predicted molar refractivity (Wildman–Crippen MR) is 132 cm³/mol. The van der Waals surface area contributed by atoms with Crippen LogP contribution < -0.4 is 10.9 Å². The summed E-state index contributed by atoms with van der Waals surface area (Å²) in [5.41, 5.74) is 2.12. The van der Waals surface area contributed by atoms with Crippen LogP contribution in [0.3, 0.4) is 0 Å². The summed E-state index contributed by atoms with van der Waals surface area (Å²) >= 11 is 1.12. The van der Waals surface area contributed by atoms with Crippen molar-refractivity contribution in [3.8, 4) is 5.69 Å². The molecule has 172 valence electrons. The van der Waals surface area contributed by atoms with E-state index >= 15 is 0 Å². The number of hydrogen-bond donors (Lipinski definition) is 1. The number of rotatable bonds is 8. The third-order valence-electron chi connectivity index (χ3n) is 5.04.